The van der Waals surface area contributed by atoms with Gasteiger partial charge in [-0.1, -0.05) is 0 Å². The first-order valence-electron chi connectivity index (χ1n) is 9.37. The van der Waals surface area contributed by atoms with E-state index in [-0.39, 0.29) is 23.8 Å². The topological polar surface area (TPSA) is 109 Å². The number of amides is 1. The molecule has 9 heteroatoms. The second-order valence-corrected chi connectivity index (χ2v) is 7.96. The third kappa shape index (κ3) is 4.29. The molecule has 3 heterocycles. The maximum Gasteiger partial charge on any atom is 0.312 e. The summed E-state index contributed by atoms with van der Waals surface area (Å²) in [5, 5.41) is 2.29. The average molecular weight is 417 g/mol. The molecule has 2 aromatic rings. The molecule has 1 amide bonds. The number of nitrogens with zero attached hydrogens (tertiary/aromatic N) is 2. The van der Waals surface area contributed by atoms with Gasteiger partial charge in [0.1, 0.15) is 0 Å². The number of nitrogens with one attached hydrogen (secondary N) is 1. The van der Waals surface area contributed by atoms with Gasteiger partial charge in [0, 0.05) is 29.6 Å². The summed E-state index contributed by atoms with van der Waals surface area (Å²) in [7, 11) is 0. The predicted octanol–water partition coefficient (Wildman–Crippen LogP) is 2.77. The van der Waals surface area contributed by atoms with E-state index in [1.165, 1.54) is 25.2 Å². The van der Waals surface area contributed by atoms with Crippen LogP contribution in [0.25, 0.3) is 0 Å². The number of rotatable bonds is 7. The van der Waals surface area contributed by atoms with Crippen molar-refractivity contribution in [3.05, 3.63) is 33.6 Å². The Morgan fingerprint density at radius 1 is 1.34 bits per heavy atom. The van der Waals surface area contributed by atoms with Crippen LogP contribution >= 0.6 is 11.3 Å². The molecule has 1 N–H and O–H groups in total. The molecular weight excluding hydrogens is 394 g/mol. The molecule has 154 valence electrons. The summed E-state index contributed by atoms with van der Waals surface area (Å²) in [6, 6.07) is 0. The Labute approximate surface area is 172 Å². The fourth-order valence-corrected chi connectivity index (χ4v) is 4.39. The van der Waals surface area contributed by atoms with Crippen molar-refractivity contribution in [3.8, 4) is 0 Å². The first-order chi connectivity index (χ1) is 13.7. The molecule has 0 radical (unpaired) electrons. The van der Waals surface area contributed by atoms with E-state index in [0.717, 1.165) is 6.42 Å². The molecule has 3 rings (SSSR count). The lowest BCUT2D eigenvalue weighted by molar-refractivity contribution is -0.145. The molecule has 0 aromatic carbocycles. The van der Waals surface area contributed by atoms with Crippen LogP contribution < -0.4 is 4.90 Å². The van der Waals surface area contributed by atoms with Crippen LogP contribution in [0.5, 0.6) is 0 Å². The molecule has 29 heavy (non-hydrogen) atoms. The van der Waals surface area contributed by atoms with Crippen LogP contribution in [0.15, 0.2) is 5.38 Å². The van der Waals surface area contributed by atoms with Crippen LogP contribution in [-0.2, 0) is 20.7 Å². The van der Waals surface area contributed by atoms with Crippen LogP contribution in [0.1, 0.15) is 64.5 Å². The van der Waals surface area contributed by atoms with Gasteiger partial charge < -0.3 is 9.72 Å². The van der Waals surface area contributed by atoms with Crippen molar-refractivity contribution < 1.29 is 23.9 Å². The summed E-state index contributed by atoms with van der Waals surface area (Å²) in [5.41, 5.74) is 2.43. The Kier molecular flexibility index (Phi) is 5.97. The number of hydrogen-bond acceptors (Lipinski definition) is 7. The van der Waals surface area contributed by atoms with E-state index >= 15 is 0 Å². The largest absolute Gasteiger partial charge is 0.454 e. The summed E-state index contributed by atoms with van der Waals surface area (Å²) in [6.45, 7) is 7.00. The second kappa shape index (κ2) is 8.28. The molecule has 1 saturated heterocycles. The fraction of sp³-hybridized carbons (Fsp3) is 0.450. The third-order valence-electron chi connectivity index (χ3n) is 4.88. The number of aromatic nitrogens is 2. The highest BCUT2D eigenvalue weighted by Gasteiger charge is 2.27. The number of Topliss-reactive ketones (excluding diaryl/α,β-unsaturated/α-hetero) is 2. The predicted molar refractivity (Wildman–Crippen MR) is 108 cm³/mol. The standard InChI is InChI=1S/C20H23N3O5S/c1-10-17(12(3)24)11(2)21-18(10)19(27)13(4)28-16(26)8-14-9-29-20(22-14)23-7-5-6-15(23)25/h9,13,21H,5-8H2,1-4H3/t13-/m0/s1. The second-order valence-electron chi connectivity index (χ2n) is 7.12. The quantitative estimate of drug-likeness (QED) is 0.548. The van der Waals surface area contributed by atoms with E-state index in [4.69, 9.17) is 4.74 Å². The van der Waals surface area contributed by atoms with Crippen molar-refractivity contribution in [2.45, 2.75) is 53.1 Å². The van der Waals surface area contributed by atoms with Crippen molar-refractivity contribution in [2.24, 2.45) is 0 Å². The van der Waals surface area contributed by atoms with Crippen molar-refractivity contribution in [3.63, 3.8) is 0 Å². The van der Waals surface area contributed by atoms with E-state index in [1.807, 2.05) is 0 Å². The number of carbonyl (C=O) groups is 4. The molecule has 1 aliphatic heterocycles. The molecule has 0 bridgehead atoms. The molecule has 1 fully saturated rings. The van der Waals surface area contributed by atoms with Crippen molar-refractivity contribution in [1.82, 2.24) is 9.97 Å². The lowest BCUT2D eigenvalue weighted by Crippen LogP contribution is -2.26. The highest BCUT2D eigenvalue weighted by atomic mass is 32.1. The minimum absolute atomic E-state index is 0.0363. The molecule has 8 nitrogen and oxygen atoms in total. The van der Waals surface area contributed by atoms with Crippen molar-refractivity contribution >= 4 is 39.9 Å². The Hall–Kier alpha value is -2.81. The zero-order chi connectivity index (χ0) is 21.3. The number of ether oxygens (including phenoxy) is 1. The van der Waals surface area contributed by atoms with Gasteiger partial charge >= 0.3 is 5.97 Å². The first kappa shape index (κ1) is 20.9. The Balaban J connectivity index is 1.63. The summed E-state index contributed by atoms with van der Waals surface area (Å²) < 4.78 is 5.28. The smallest absolute Gasteiger partial charge is 0.312 e. The zero-order valence-corrected chi connectivity index (χ0v) is 17.6. The average Bonchev–Trinajstić information content (AvgIpc) is 3.33. The number of esters is 1. The molecule has 0 unspecified atom stereocenters. The minimum atomic E-state index is -1.00. The lowest BCUT2D eigenvalue weighted by Gasteiger charge is -2.12. The number of ketones is 2. The highest BCUT2D eigenvalue weighted by Crippen LogP contribution is 2.26. The number of carbonyl (C=O) groups excluding carboxylic acids is 4. The van der Waals surface area contributed by atoms with E-state index < -0.39 is 17.9 Å². The monoisotopic (exact) mass is 417 g/mol. The van der Waals surface area contributed by atoms with E-state index in [2.05, 4.69) is 9.97 Å². The first-order valence-corrected chi connectivity index (χ1v) is 10.3. The molecule has 1 aliphatic rings. The van der Waals surface area contributed by atoms with Crippen LogP contribution in [-0.4, -0.2) is 46.1 Å². The summed E-state index contributed by atoms with van der Waals surface area (Å²) >= 11 is 1.31. The Morgan fingerprint density at radius 2 is 2.07 bits per heavy atom. The zero-order valence-electron chi connectivity index (χ0n) is 16.8. The number of anilines is 1. The van der Waals surface area contributed by atoms with Gasteiger partial charge in [0.25, 0.3) is 0 Å². The molecule has 2 aromatic heterocycles. The number of thiazole rings is 1. The van der Waals surface area contributed by atoms with E-state index in [9.17, 15) is 19.2 Å². The molecule has 0 spiro atoms. The van der Waals surface area contributed by atoms with Gasteiger partial charge in [-0.2, -0.15) is 0 Å². The molecule has 0 aliphatic carbocycles. The van der Waals surface area contributed by atoms with E-state index in [1.54, 1.807) is 24.1 Å². The minimum Gasteiger partial charge on any atom is -0.454 e. The number of hydrogen-bond donors (Lipinski definition) is 1. The van der Waals surface area contributed by atoms with Crippen LogP contribution in [0.3, 0.4) is 0 Å². The number of aryl methyl sites for hydroxylation is 1. The van der Waals surface area contributed by atoms with Crippen molar-refractivity contribution in [1.29, 1.82) is 0 Å². The van der Waals surface area contributed by atoms with Gasteiger partial charge in [-0.05, 0) is 39.7 Å². The van der Waals surface area contributed by atoms with Crippen LogP contribution in [0.2, 0.25) is 0 Å². The summed E-state index contributed by atoms with van der Waals surface area (Å²) in [4.78, 5) is 57.4. The number of aromatic amines is 1. The van der Waals surface area contributed by atoms with Crippen LogP contribution in [0, 0.1) is 13.8 Å². The highest BCUT2D eigenvalue weighted by molar-refractivity contribution is 7.14. The fourth-order valence-electron chi connectivity index (χ4n) is 3.52. The molecule has 1 atom stereocenters. The third-order valence-corrected chi connectivity index (χ3v) is 5.80. The maximum absolute atomic E-state index is 12.7. The van der Waals surface area contributed by atoms with Crippen LogP contribution in [0.4, 0.5) is 5.13 Å². The van der Waals surface area contributed by atoms with Gasteiger partial charge in [-0.15, -0.1) is 11.3 Å². The molecular formula is C20H23N3O5S. The van der Waals surface area contributed by atoms with Gasteiger partial charge in [0.15, 0.2) is 17.0 Å². The Bertz CT molecular complexity index is 990. The van der Waals surface area contributed by atoms with E-state index in [0.29, 0.717) is 40.6 Å². The van der Waals surface area contributed by atoms with Gasteiger partial charge in [-0.3, -0.25) is 24.1 Å². The number of H-pyrrole nitrogens is 1. The molecule has 0 saturated carbocycles. The van der Waals surface area contributed by atoms with Gasteiger partial charge in [0.05, 0.1) is 17.8 Å². The van der Waals surface area contributed by atoms with Crippen molar-refractivity contribution in [2.75, 3.05) is 11.4 Å². The van der Waals surface area contributed by atoms with Gasteiger partial charge in [-0.25, -0.2) is 4.98 Å². The summed E-state index contributed by atoms with van der Waals surface area (Å²) in [5.74, 6) is -1.07. The normalized spacial score (nSPS) is 14.9. The Morgan fingerprint density at radius 3 is 2.66 bits per heavy atom. The lowest BCUT2D eigenvalue weighted by atomic mass is 10.0. The van der Waals surface area contributed by atoms with Gasteiger partial charge in [0.2, 0.25) is 11.7 Å². The summed E-state index contributed by atoms with van der Waals surface area (Å²) in [6.07, 6.45) is 0.229. The SMILES string of the molecule is CC(=O)c1c(C)[nH]c(C(=O)[C@H](C)OC(=O)Cc2csc(N3CCCC3=O)n2)c1C. The maximum atomic E-state index is 12.7.